The third kappa shape index (κ3) is 3.39. The lowest BCUT2D eigenvalue weighted by molar-refractivity contribution is 0.0946. The van der Waals surface area contributed by atoms with Gasteiger partial charge < -0.3 is 11.1 Å². The summed E-state index contributed by atoms with van der Waals surface area (Å²) < 4.78 is 0. The van der Waals surface area contributed by atoms with E-state index < -0.39 is 5.41 Å². The van der Waals surface area contributed by atoms with E-state index in [-0.39, 0.29) is 5.91 Å². The minimum Gasteiger partial charge on any atom is -0.382 e. The molecule has 0 bridgehead atoms. The first-order valence-electron chi connectivity index (χ1n) is 9.87. The summed E-state index contributed by atoms with van der Waals surface area (Å²) in [6, 6.07) is 14.0. The summed E-state index contributed by atoms with van der Waals surface area (Å²) in [5.41, 5.74) is 12.3. The van der Waals surface area contributed by atoms with Crippen molar-refractivity contribution >= 4 is 11.7 Å². The van der Waals surface area contributed by atoms with E-state index in [0.29, 0.717) is 29.3 Å². The third-order valence-electron chi connectivity index (χ3n) is 5.58. The number of nitrogen functional groups attached to an aromatic ring is 1. The van der Waals surface area contributed by atoms with Crippen LogP contribution in [0.25, 0.3) is 22.5 Å². The van der Waals surface area contributed by atoms with E-state index in [4.69, 9.17) is 10.7 Å². The molecule has 3 aromatic rings. The number of amides is 1. The van der Waals surface area contributed by atoms with Crippen molar-refractivity contribution in [3.05, 3.63) is 64.8 Å². The van der Waals surface area contributed by atoms with Crippen molar-refractivity contribution in [1.82, 2.24) is 15.3 Å². The molecule has 0 spiro atoms. The first-order chi connectivity index (χ1) is 14.3. The molecule has 1 amide bonds. The number of hydrogen-bond donors (Lipinski definition) is 2. The average Bonchev–Trinajstić information content (AvgIpc) is 2.74. The molecule has 0 aliphatic carbocycles. The average molecular weight is 397 g/mol. The van der Waals surface area contributed by atoms with E-state index >= 15 is 0 Å². The van der Waals surface area contributed by atoms with Crippen LogP contribution in [-0.4, -0.2) is 22.4 Å². The first kappa shape index (κ1) is 19.6. The fourth-order valence-electron chi connectivity index (χ4n) is 3.91. The number of rotatable bonds is 3. The predicted octanol–water partition coefficient (Wildman–Crippen LogP) is 3.79. The van der Waals surface area contributed by atoms with Gasteiger partial charge in [-0.05, 0) is 62.1 Å². The maximum Gasteiger partial charge on any atom is 0.251 e. The Bertz CT molecular complexity index is 1210. The number of aryl methyl sites for hydroxylation is 1. The van der Waals surface area contributed by atoms with Gasteiger partial charge >= 0.3 is 0 Å². The summed E-state index contributed by atoms with van der Waals surface area (Å²) in [5, 5.41) is 12.3. The highest BCUT2D eigenvalue weighted by Crippen LogP contribution is 2.31. The molecule has 30 heavy (non-hydrogen) atoms. The van der Waals surface area contributed by atoms with Crippen molar-refractivity contribution in [3.63, 3.8) is 0 Å². The third-order valence-corrected chi connectivity index (χ3v) is 5.58. The van der Waals surface area contributed by atoms with Gasteiger partial charge in [-0.1, -0.05) is 18.2 Å². The van der Waals surface area contributed by atoms with Gasteiger partial charge in [-0.25, -0.2) is 9.97 Å². The van der Waals surface area contributed by atoms with Gasteiger partial charge in [-0.15, -0.1) is 0 Å². The standard InChI is InChI=1S/C24H23N5O/c1-14-10-16(5-7-19(14)24(2,3)13-25)20-12-28-22(26)21(29-20)17-4-6-18-15(11-17)8-9-27-23(18)30/h4-7,10-12H,8-9H2,1-3H3,(H2,26,28)(H,27,30). The molecule has 0 saturated carbocycles. The summed E-state index contributed by atoms with van der Waals surface area (Å²) in [7, 11) is 0. The number of aromatic nitrogens is 2. The molecule has 0 fully saturated rings. The molecule has 0 radical (unpaired) electrons. The highest BCUT2D eigenvalue weighted by atomic mass is 16.1. The molecular weight excluding hydrogens is 374 g/mol. The Morgan fingerprint density at radius 1 is 1.17 bits per heavy atom. The van der Waals surface area contributed by atoms with Crippen LogP contribution in [0.4, 0.5) is 5.82 Å². The fraction of sp³-hybridized carbons (Fsp3) is 0.250. The second kappa shape index (κ2) is 7.27. The molecule has 0 saturated heterocycles. The predicted molar refractivity (Wildman–Crippen MR) is 117 cm³/mol. The Morgan fingerprint density at radius 3 is 2.67 bits per heavy atom. The fourth-order valence-corrected chi connectivity index (χ4v) is 3.91. The van der Waals surface area contributed by atoms with Crippen molar-refractivity contribution in [3.8, 4) is 28.6 Å². The van der Waals surface area contributed by atoms with Crippen LogP contribution in [0.1, 0.15) is 40.9 Å². The van der Waals surface area contributed by atoms with Gasteiger partial charge in [0.1, 0.15) is 11.5 Å². The molecule has 4 rings (SSSR count). The minimum atomic E-state index is -0.560. The number of hydrogen-bond acceptors (Lipinski definition) is 5. The van der Waals surface area contributed by atoms with Gasteiger partial charge in [0.15, 0.2) is 0 Å². The largest absolute Gasteiger partial charge is 0.382 e. The molecule has 6 nitrogen and oxygen atoms in total. The summed E-state index contributed by atoms with van der Waals surface area (Å²) in [5.74, 6) is 0.296. The molecule has 0 atom stereocenters. The van der Waals surface area contributed by atoms with Crippen LogP contribution in [0.5, 0.6) is 0 Å². The SMILES string of the molecule is Cc1cc(-c2cnc(N)c(-c3ccc4c(c3)CCNC4=O)n2)ccc1C(C)(C)C#N. The summed E-state index contributed by atoms with van der Waals surface area (Å²) in [6.07, 6.45) is 2.44. The Kier molecular flexibility index (Phi) is 4.75. The lowest BCUT2D eigenvalue weighted by atomic mass is 9.83. The van der Waals surface area contributed by atoms with Gasteiger partial charge in [-0.2, -0.15) is 5.26 Å². The van der Waals surface area contributed by atoms with Gasteiger partial charge in [0.25, 0.3) is 5.91 Å². The van der Waals surface area contributed by atoms with Gasteiger partial charge in [0.05, 0.1) is 23.4 Å². The molecule has 1 aromatic heterocycles. The number of nitrogens with two attached hydrogens (primary N) is 1. The molecule has 3 N–H and O–H groups in total. The van der Waals surface area contributed by atoms with Crippen LogP contribution in [0.15, 0.2) is 42.6 Å². The van der Waals surface area contributed by atoms with Crippen LogP contribution in [-0.2, 0) is 11.8 Å². The number of benzene rings is 2. The number of nitrogens with zero attached hydrogens (tertiary/aromatic N) is 3. The Morgan fingerprint density at radius 2 is 1.93 bits per heavy atom. The zero-order valence-electron chi connectivity index (χ0n) is 17.3. The molecule has 2 heterocycles. The van der Waals surface area contributed by atoms with Crippen LogP contribution in [0.3, 0.4) is 0 Å². The number of nitrogens with one attached hydrogen (secondary N) is 1. The van der Waals surface area contributed by atoms with E-state index in [9.17, 15) is 10.1 Å². The van der Waals surface area contributed by atoms with Crippen molar-refractivity contribution in [2.45, 2.75) is 32.6 Å². The maximum absolute atomic E-state index is 12.0. The second-order valence-corrected chi connectivity index (χ2v) is 8.13. The maximum atomic E-state index is 12.0. The molecule has 1 aliphatic rings. The zero-order chi connectivity index (χ0) is 21.5. The number of nitriles is 1. The van der Waals surface area contributed by atoms with E-state index in [2.05, 4.69) is 16.4 Å². The number of carbonyl (C=O) groups is 1. The smallest absolute Gasteiger partial charge is 0.251 e. The van der Waals surface area contributed by atoms with Gasteiger partial charge in [0.2, 0.25) is 0 Å². The van der Waals surface area contributed by atoms with Crippen LogP contribution in [0.2, 0.25) is 0 Å². The normalized spacial score (nSPS) is 13.3. The van der Waals surface area contributed by atoms with Crippen molar-refractivity contribution < 1.29 is 4.79 Å². The topological polar surface area (TPSA) is 105 Å². The summed E-state index contributed by atoms with van der Waals surface area (Å²) in [6.45, 7) is 6.44. The molecule has 2 aromatic carbocycles. The lowest BCUT2D eigenvalue weighted by Crippen LogP contribution is -2.31. The van der Waals surface area contributed by atoms with Crippen LogP contribution >= 0.6 is 0 Å². The lowest BCUT2D eigenvalue weighted by Gasteiger charge is -2.19. The quantitative estimate of drug-likeness (QED) is 0.700. The van der Waals surface area contributed by atoms with E-state index in [1.54, 1.807) is 6.20 Å². The highest BCUT2D eigenvalue weighted by Gasteiger charge is 2.22. The monoisotopic (exact) mass is 397 g/mol. The first-order valence-corrected chi connectivity index (χ1v) is 9.87. The van der Waals surface area contributed by atoms with E-state index in [0.717, 1.165) is 34.2 Å². The van der Waals surface area contributed by atoms with Crippen molar-refractivity contribution in [2.24, 2.45) is 0 Å². The molecular formula is C24H23N5O. The molecule has 6 heteroatoms. The van der Waals surface area contributed by atoms with Crippen molar-refractivity contribution in [1.29, 1.82) is 5.26 Å². The number of fused-ring (bicyclic) bond motifs is 1. The summed E-state index contributed by atoms with van der Waals surface area (Å²) in [4.78, 5) is 21.1. The summed E-state index contributed by atoms with van der Waals surface area (Å²) >= 11 is 0. The van der Waals surface area contributed by atoms with Gasteiger partial charge in [0, 0.05) is 23.2 Å². The second-order valence-electron chi connectivity index (χ2n) is 8.13. The van der Waals surface area contributed by atoms with E-state index in [1.165, 1.54) is 0 Å². The Balaban J connectivity index is 1.76. The minimum absolute atomic E-state index is 0.0496. The van der Waals surface area contributed by atoms with Gasteiger partial charge in [-0.3, -0.25) is 4.79 Å². The number of anilines is 1. The van der Waals surface area contributed by atoms with Crippen LogP contribution in [0, 0.1) is 18.3 Å². The molecule has 0 unspecified atom stereocenters. The highest BCUT2D eigenvalue weighted by molar-refractivity contribution is 5.97. The number of carbonyl (C=O) groups excluding carboxylic acids is 1. The van der Waals surface area contributed by atoms with Crippen LogP contribution < -0.4 is 11.1 Å². The zero-order valence-corrected chi connectivity index (χ0v) is 17.3. The Labute approximate surface area is 175 Å². The molecule has 1 aliphatic heterocycles. The van der Waals surface area contributed by atoms with Crippen molar-refractivity contribution in [2.75, 3.05) is 12.3 Å². The molecule has 150 valence electrons. The Hall–Kier alpha value is -3.72. The van der Waals surface area contributed by atoms with E-state index in [1.807, 2.05) is 57.2 Å².